The maximum Gasteiger partial charge on any atom is 0.253 e. The summed E-state index contributed by atoms with van der Waals surface area (Å²) >= 11 is 0. The van der Waals surface area contributed by atoms with Gasteiger partial charge < -0.3 is 11.1 Å². The Morgan fingerprint density at radius 1 is 1.25 bits per heavy atom. The lowest BCUT2D eigenvalue weighted by Crippen LogP contribution is -2.43. The molecule has 1 aliphatic carbocycles. The third kappa shape index (κ3) is 2.92. The van der Waals surface area contributed by atoms with Gasteiger partial charge in [0.1, 0.15) is 0 Å². The maximum atomic E-state index is 13.2. The molecule has 0 aliphatic heterocycles. The number of nitrogen functional groups attached to an aromatic ring is 1. The number of nitrogens with one attached hydrogen (secondary N) is 1. The highest BCUT2D eigenvalue weighted by Crippen LogP contribution is 2.30. The molecular formula is C15H20F2N2O. The topological polar surface area (TPSA) is 55.1 Å². The van der Waals surface area contributed by atoms with Crippen molar-refractivity contribution in [1.82, 2.24) is 5.32 Å². The molecule has 1 aliphatic rings. The Bertz CT molecular complexity index is 519. The van der Waals surface area contributed by atoms with Crippen LogP contribution in [0.5, 0.6) is 0 Å². The molecule has 1 fully saturated rings. The highest BCUT2D eigenvalue weighted by molar-refractivity contribution is 5.99. The van der Waals surface area contributed by atoms with Crippen molar-refractivity contribution < 1.29 is 13.6 Å². The molecule has 0 heterocycles. The first kappa shape index (κ1) is 14.8. The number of rotatable bonds is 2. The molecule has 0 aromatic heterocycles. The van der Waals surface area contributed by atoms with Crippen LogP contribution in [0.15, 0.2) is 12.1 Å². The minimum absolute atomic E-state index is 0.00525. The number of amides is 1. The summed E-state index contributed by atoms with van der Waals surface area (Å²) in [6.45, 7) is 4.26. The minimum atomic E-state index is -1.06. The average molecular weight is 282 g/mol. The summed E-state index contributed by atoms with van der Waals surface area (Å²) in [6.07, 6.45) is 3.12. The minimum Gasteiger partial charge on any atom is -0.398 e. The highest BCUT2D eigenvalue weighted by Gasteiger charge is 2.29. The fraction of sp³-hybridized carbons (Fsp3) is 0.533. The standard InChI is InChI=1S/C15H20F2N2O/c1-8-4-3-5-14(9(8)2)19-15(20)10-6-11(16)12(17)7-13(10)18/h6-9,14H,3-5,18H2,1-2H3,(H,19,20). The second-order valence-corrected chi connectivity index (χ2v) is 5.70. The monoisotopic (exact) mass is 282 g/mol. The summed E-state index contributed by atoms with van der Waals surface area (Å²) in [4.78, 5) is 12.2. The number of benzene rings is 1. The van der Waals surface area contributed by atoms with E-state index in [9.17, 15) is 13.6 Å². The van der Waals surface area contributed by atoms with Crippen LogP contribution in [0.2, 0.25) is 0 Å². The van der Waals surface area contributed by atoms with E-state index in [2.05, 4.69) is 19.2 Å². The molecule has 0 saturated heterocycles. The van der Waals surface area contributed by atoms with Gasteiger partial charge in [0, 0.05) is 17.8 Å². The van der Waals surface area contributed by atoms with E-state index in [1.807, 2.05) is 0 Å². The highest BCUT2D eigenvalue weighted by atomic mass is 19.2. The summed E-state index contributed by atoms with van der Waals surface area (Å²) in [5, 5.41) is 2.89. The molecule has 1 amide bonds. The zero-order chi connectivity index (χ0) is 14.9. The summed E-state index contributed by atoms with van der Waals surface area (Å²) < 4.78 is 26.2. The molecule has 1 aromatic rings. The Morgan fingerprint density at radius 3 is 2.60 bits per heavy atom. The molecule has 2 rings (SSSR count). The number of carbonyl (C=O) groups excluding carboxylic acids is 1. The van der Waals surface area contributed by atoms with Crippen LogP contribution in [0, 0.1) is 23.5 Å². The Morgan fingerprint density at radius 2 is 1.90 bits per heavy atom. The van der Waals surface area contributed by atoms with Gasteiger partial charge in [-0.1, -0.05) is 26.7 Å². The van der Waals surface area contributed by atoms with Crippen molar-refractivity contribution in [3.05, 3.63) is 29.3 Å². The third-order valence-corrected chi connectivity index (χ3v) is 4.36. The SMILES string of the molecule is CC1CCCC(NC(=O)c2cc(F)c(F)cc2N)C1C. The van der Waals surface area contributed by atoms with Crippen LogP contribution in [0.3, 0.4) is 0 Å². The number of hydrogen-bond donors (Lipinski definition) is 2. The summed E-state index contributed by atoms with van der Waals surface area (Å²) in [5.74, 6) is -1.64. The number of anilines is 1. The Kier molecular flexibility index (Phi) is 4.26. The van der Waals surface area contributed by atoms with Crippen LogP contribution < -0.4 is 11.1 Å². The van der Waals surface area contributed by atoms with E-state index >= 15 is 0 Å². The van der Waals surface area contributed by atoms with Gasteiger partial charge in [-0.3, -0.25) is 4.79 Å². The smallest absolute Gasteiger partial charge is 0.253 e. The van der Waals surface area contributed by atoms with Gasteiger partial charge in [-0.25, -0.2) is 8.78 Å². The van der Waals surface area contributed by atoms with Crippen LogP contribution in [-0.4, -0.2) is 11.9 Å². The molecular weight excluding hydrogens is 262 g/mol. The first-order valence-corrected chi connectivity index (χ1v) is 6.95. The average Bonchev–Trinajstić information content (AvgIpc) is 2.39. The fourth-order valence-corrected chi connectivity index (χ4v) is 2.79. The zero-order valence-corrected chi connectivity index (χ0v) is 11.7. The molecule has 1 saturated carbocycles. The van der Waals surface area contributed by atoms with Gasteiger partial charge in [0.05, 0.1) is 5.56 Å². The van der Waals surface area contributed by atoms with E-state index in [0.29, 0.717) is 11.8 Å². The number of nitrogens with two attached hydrogens (primary N) is 1. The molecule has 5 heteroatoms. The third-order valence-electron chi connectivity index (χ3n) is 4.36. The zero-order valence-electron chi connectivity index (χ0n) is 11.7. The van der Waals surface area contributed by atoms with E-state index < -0.39 is 17.5 Å². The van der Waals surface area contributed by atoms with Crippen molar-refractivity contribution in [1.29, 1.82) is 0 Å². The second kappa shape index (κ2) is 5.77. The Balaban J connectivity index is 2.14. The van der Waals surface area contributed by atoms with Gasteiger partial charge in [-0.05, 0) is 24.3 Å². The molecule has 3 unspecified atom stereocenters. The van der Waals surface area contributed by atoms with Crippen molar-refractivity contribution >= 4 is 11.6 Å². The van der Waals surface area contributed by atoms with Crippen LogP contribution >= 0.6 is 0 Å². The van der Waals surface area contributed by atoms with Crippen LogP contribution in [0.1, 0.15) is 43.5 Å². The lowest BCUT2D eigenvalue weighted by atomic mass is 9.78. The van der Waals surface area contributed by atoms with E-state index in [-0.39, 0.29) is 17.3 Å². The van der Waals surface area contributed by atoms with Gasteiger partial charge in [-0.15, -0.1) is 0 Å². The maximum absolute atomic E-state index is 13.2. The van der Waals surface area contributed by atoms with Gasteiger partial charge in [0.15, 0.2) is 11.6 Å². The van der Waals surface area contributed by atoms with Gasteiger partial charge >= 0.3 is 0 Å². The van der Waals surface area contributed by atoms with Gasteiger partial charge in [0.2, 0.25) is 0 Å². The number of carbonyl (C=O) groups is 1. The lowest BCUT2D eigenvalue weighted by molar-refractivity contribution is 0.0891. The first-order chi connectivity index (χ1) is 9.40. The summed E-state index contributed by atoms with van der Waals surface area (Å²) in [6, 6.07) is 1.76. The van der Waals surface area contributed by atoms with Crippen molar-refractivity contribution in [3.63, 3.8) is 0 Å². The molecule has 3 nitrogen and oxygen atoms in total. The predicted octanol–water partition coefficient (Wildman–Crippen LogP) is 3.10. The largest absolute Gasteiger partial charge is 0.398 e. The normalized spacial score (nSPS) is 26.3. The van der Waals surface area contributed by atoms with Crippen molar-refractivity contribution in [2.45, 2.75) is 39.2 Å². The second-order valence-electron chi connectivity index (χ2n) is 5.70. The van der Waals surface area contributed by atoms with Crippen LogP contribution in [-0.2, 0) is 0 Å². The molecule has 110 valence electrons. The van der Waals surface area contributed by atoms with Crippen molar-refractivity contribution in [2.24, 2.45) is 11.8 Å². The van der Waals surface area contributed by atoms with Gasteiger partial charge in [-0.2, -0.15) is 0 Å². The summed E-state index contributed by atoms with van der Waals surface area (Å²) in [5.41, 5.74) is 5.54. The van der Waals surface area contributed by atoms with E-state index in [1.165, 1.54) is 0 Å². The number of halogens is 2. The predicted molar refractivity (Wildman–Crippen MR) is 74.2 cm³/mol. The summed E-state index contributed by atoms with van der Waals surface area (Å²) in [7, 11) is 0. The van der Waals surface area contributed by atoms with E-state index in [4.69, 9.17) is 5.73 Å². The molecule has 20 heavy (non-hydrogen) atoms. The number of hydrogen-bond acceptors (Lipinski definition) is 2. The quantitative estimate of drug-likeness (QED) is 0.819. The molecule has 3 N–H and O–H groups in total. The molecule has 0 spiro atoms. The molecule has 0 bridgehead atoms. The molecule has 3 atom stereocenters. The Labute approximate surface area is 117 Å². The van der Waals surface area contributed by atoms with E-state index in [1.54, 1.807) is 0 Å². The fourth-order valence-electron chi connectivity index (χ4n) is 2.79. The molecule has 0 radical (unpaired) electrons. The van der Waals surface area contributed by atoms with Crippen molar-refractivity contribution in [2.75, 3.05) is 5.73 Å². The lowest BCUT2D eigenvalue weighted by Gasteiger charge is -2.34. The first-order valence-electron chi connectivity index (χ1n) is 6.95. The molecule has 1 aromatic carbocycles. The van der Waals surface area contributed by atoms with Crippen LogP contribution in [0.4, 0.5) is 14.5 Å². The van der Waals surface area contributed by atoms with Crippen molar-refractivity contribution in [3.8, 4) is 0 Å². The van der Waals surface area contributed by atoms with Gasteiger partial charge in [0.25, 0.3) is 5.91 Å². The van der Waals surface area contributed by atoms with Crippen LogP contribution in [0.25, 0.3) is 0 Å². The Hall–Kier alpha value is -1.65. The van der Waals surface area contributed by atoms with E-state index in [0.717, 1.165) is 31.4 Å².